The topological polar surface area (TPSA) is 46.3 Å². The maximum Gasteiger partial charge on any atom is 0.253 e. The third kappa shape index (κ3) is 2.09. The number of nitrogens with two attached hydrogens (primary N) is 1. The molecular formula is C13H18N2O. The Balaban J connectivity index is 2.18. The van der Waals surface area contributed by atoms with Crippen LogP contribution in [-0.2, 0) is 0 Å². The van der Waals surface area contributed by atoms with E-state index in [-0.39, 0.29) is 11.9 Å². The van der Waals surface area contributed by atoms with Gasteiger partial charge in [-0.1, -0.05) is 6.07 Å². The van der Waals surface area contributed by atoms with Crippen molar-refractivity contribution in [3.63, 3.8) is 0 Å². The first-order valence-electron chi connectivity index (χ1n) is 5.70. The summed E-state index contributed by atoms with van der Waals surface area (Å²) in [6.45, 7) is 5.55. The lowest BCUT2D eigenvalue weighted by Gasteiger charge is -2.16. The summed E-state index contributed by atoms with van der Waals surface area (Å²) in [5, 5.41) is 0. The molecule has 1 fully saturated rings. The quantitative estimate of drug-likeness (QED) is 0.776. The van der Waals surface area contributed by atoms with E-state index in [0.29, 0.717) is 6.54 Å². The predicted octanol–water partition coefficient (Wildman–Crippen LogP) is 1.48. The van der Waals surface area contributed by atoms with Gasteiger partial charge in [0.2, 0.25) is 0 Å². The van der Waals surface area contributed by atoms with E-state index in [1.165, 1.54) is 5.56 Å². The summed E-state index contributed by atoms with van der Waals surface area (Å²) in [5.74, 6) is 0.107. The summed E-state index contributed by atoms with van der Waals surface area (Å²) >= 11 is 0. The van der Waals surface area contributed by atoms with Crippen LogP contribution in [0.5, 0.6) is 0 Å². The summed E-state index contributed by atoms with van der Waals surface area (Å²) in [6, 6.07) is 6.00. The van der Waals surface area contributed by atoms with Crippen LogP contribution in [0.2, 0.25) is 0 Å². The van der Waals surface area contributed by atoms with Gasteiger partial charge >= 0.3 is 0 Å². The number of rotatable bonds is 1. The molecule has 0 saturated carbocycles. The number of hydrogen-bond donors (Lipinski definition) is 1. The minimum absolute atomic E-state index is 0.107. The zero-order valence-corrected chi connectivity index (χ0v) is 9.86. The Morgan fingerprint density at radius 2 is 2.12 bits per heavy atom. The molecule has 86 valence electrons. The van der Waals surface area contributed by atoms with E-state index in [9.17, 15) is 4.79 Å². The molecule has 1 saturated heterocycles. The largest absolute Gasteiger partial charge is 0.337 e. The second-order valence-corrected chi connectivity index (χ2v) is 4.60. The second-order valence-electron chi connectivity index (χ2n) is 4.60. The molecule has 0 spiro atoms. The monoisotopic (exact) mass is 218 g/mol. The van der Waals surface area contributed by atoms with E-state index in [4.69, 9.17) is 5.73 Å². The molecule has 2 rings (SSSR count). The highest BCUT2D eigenvalue weighted by Crippen LogP contribution is 2.15. The lowest BCUT2D eigenvalue weighted by Crippen LogP contribution is -2.31. The molecule has 1 aromatic carbocycles. The standard InChI is InChI=1S/C13H18N2O/c1-9-3-4-11(7-10(9)2)13(16)15-6-5-12(14)8-15/h3-4,7,12H,5-6,8,14H2,1-2H3/t12-/m0/s1. The Bertz CT molecular complexity index is 414. The van der Waals surface area contributed by atoms with Gasteiger partial charge in [0, 0.05) is 24.7 Å². The van der Waals surface area contributed by atoms with Crippen molar-refractivity contribution in [1.82, 2.24) is 4.90 Å². The van der Waals surface area contributed by atoms with Gasteiger partial charge in [-0.15, -0.1) is 0 Å². The van der Waals surface area contributed by atoms with E-state index < -0.39 is 0 Å². The van der Waals surface area contributed by atoms with E-state index in [0.717, 1.165) is 24.1 Å². The highest BCUT2D eigenvalue weighted by Gasteiger charge is 2.24. The maximum absolute atomic E-state index is 12.1. The number of carbonyl (C=O) groups excluding carboxylic acids is 1. The van der Waals surface area contributed by atoms with Crippen LogP contribution in [0.15, 0.2) is 18.2 Å². The fourth-order valence-corrected chi connectivity index (χ4v) is 2.03. The lowest BCUT2D eigenvalue weighted by molar-refractivity contribution is 0.0791. The van der Waals surface area contributed by atoms with Gasteiger partial charge in [-0.25, -0.2) is 0 Å². The van der Waals surface area contributed by atoms with Crippen LogP contribution >= 0.6 is 0 Å². The van der Waals surface area contributed by atoms with E-state index in [2.05, 4.69) is 6.92 Å². The molecule has 0 aromatic heterocycles. The number of benzene rings is 1. The zero-order valence-electron chi connectivity index (χ0n) is 9.86. The van der Waals surface area contributed by atoms with Crippen LogP contribution in [0, 0.1) is 13.8 Å². The predicted molar refractivity (Wildman–Crippen MR) is 64.4 cm³/mol. The van der Waals surface area contributed by atoms with Gasteiger partial charge in [-0.2, -0.15) is 0 Å². The fourth-order valence-electron chi connectivity index (χ4n) is 2.03. The van der Waals surface area contributed by atoms with Crippen molar-refractivity contribution in [2.24, 2.45) is 5.73 Å². The van der Waals surface area contributed by atoms with Crippen LogP contribution in [-0.4, -0.2) is 29.9 Å². The zero-order chi connectivity index (χ0) is 11.7. The summed E-state index contributed by atoms with van der Waals surface area (Å²) in [4.78, 5) is 14.0. The normalized spacial score (nSPS) is 20.2. The first-order valence-corrected chi connectivity index (χ1v) is 5.70. The van der Waals surface area contributed by atoms with Gasteiger partial charge in [0.05, 0.1) is 0 Å². The molecule has 0 unspecified atom stereocenters. The van der Waals surface area contributed by atoms with E-state index in [1.807, 2.05) is 30.0 Å². The summed E-state index contributed by atoms with van der Waals surface area (Å²) in [6.07, 6.45) is 0.913. The third-order valence-electron chi connectivity index (χ3n) is 3.27. The van der Waals surface area contributed by atoms with Crippen molar-refractivity contribution in [3.05, 3.63) is 34.9 Å². The molecule has 0 aliphatic carbocycles. The van der Waals surface area contributed by atoms with Crippen molar-refractivity contribution in [2.75, 3.05) is 13.1 Å². The van der Waals surface area contributed by atoms with Crippen LogP contribution in [0.4, 0.5) is 0 Å². The third-order valence-corrected chi connectivity index (χ3v) is 3.27. The van der Waals surface area contributed by atoms with E-state index >= 15 is 0 Å². The van der Waals surface area contributed by atoms with Crippen LogP contribution < -0.4 is 5.73 Å². The molecular weight excluding hydrogens is 200 g/mol. The molecule has 16 heavy (non-hydrogen) atoms. The Morgan fingerprint density at radius 1 is 1.38 bits per heavy atom. The number of likely N-dealkylation sites (tertiary alicyclic amines) is 1. The van der Waals surface area contributed by atoms with Gasteiger partial charge in [0.25, 0.3) is 5.91 Å². The number of hydrogen-bond acceptors (Lipinski definition) is 2. The second kappa shape index (κ2) is 4.26. The summed E-state index contributed by atoms with van der Waals surface area (Å²) < 4.78 is 0. The van der Waals surface area contributed by atoms with Gasteiger partial charge in [0.15, 0.2) is 0 Å². The van der Waals surface area contributed by atoms with Crippen molar-refractivity contribution >= 4 is 5.91 Å². The molecule has 2 N–H and O–H groups in total. The first kappa shape index (κ1) is 11.1. The molecule has 1 aromatic rings. The molecule has 3 heteroatoms. The van der Waals surface area contributed by atoms with Gasteiger partial charge < -0.3 is 10.6 Å². The fraction of sp³-hybridized carbons (Fsp3) is 0.462. The summed E-state index contributed by atoms with van der Waals surface area (Å²) in [7, 11) is 0. The smallest absolute Gasteiger partial charge is 0.253 e. The van der Waals surface area contributed by atoms with Gasteiger partial charge in [-0.3, -0.25) is 4.79 Å². The van der Waals surface area contributed by atoms with Crippen LogP contribution in [0.1, 0.15) is 27.9 Å². The Hall–Kier alpha value is -1.35. The molecule has 1 heterocycles. The molecule has 3 nitrogen and oxygen atoms in total. The molecule has 1 aliphatic heterocycles. The van der Waals surface area contributed by atoms with Crippen molar-refractivity contribution in [2.45, 2.75) is 26.3 Å². The number of nitrogens with zero attached hydrogens (tertiary/aromatic N) is 1. The minimum atomic E-state index is 0.107. The maximum atomic E-state index is 12.1. The Kier molecular flexibility index (Phi) is 2.97. The van der Waals surface area contributed by atoms with Gasteiger partial charge in [0.1, 0.15) is 0 Å². The number of aryl methyl sites for hydroxylation is 2. The number of amides is 1. The highest BCUT2D eigenvalue weighted by molar-refractivity contribution is 5.94. The van der Waals surface area contributed by atoms with Crippen molar-refractivity contribution in [1.29, 1.82) is 0 Å². The Labute approximate surface area is 96.2 Å². The number of carbonyl (C=O) groups is 1. The highest BCUT2D eigenvalue weighted by atomic mass is 16.2. The van der Waals surface area contributed by atoms with Crippen molar-refractivity contribution in [3.8, 4) is 0 Å². The SMILES string of the molecule is Cc1ccc(C(=O)N2CC[C@H](N)C2)cc1C. The first-order chi connectivity index (χ1) is 7.58. The van der Waals surface area contributed by atoms with Crippen LogP contribution in [0.3, 0.4) is 0 Å². The summed E-state index contributed by atoms with van der Waals surface area (Å²) in [5.41, 5.74) is 8.96. The lowest BCUT2D eigenvalue weighted by atomic mass is 10.1. The minimum Gasteiger partial charge on any atom is -0.337 e. The Morgan fingerprint density at radius 3 is 2.69 bits per heavy atom. The molecule has 0 bridgehead atoms. The van der Waals surface area contributed by atoms with Crippen molar-refractivity contribution < 1.29 is 4.79 Å². The van der Waals surface area contributed by atoms with Crippen LogP contribution in [0.25, 0.3) is 0 Å². The molecule has 0 radical (unpaired) electrons. The average molecular weight is 218 g/mol. The van der Waals surface area contributed by atoms with Gasteiger partial charge in [-0.05, 0) is 43.5 Å². The average Bonchev–Trinajstić information content (AvgIpc) is 2.68. The molecule has 1 atom stereocenters. The van der Waals surface area contributed by atoms with E-state index in [1.54, 1.807) is 0 Å². The molecule has 1 aliphatic rings. The molecule has 1 amide bonds.